The molecule has 9 heteroatoms. The molecule has 1 fully saturated rings. The Morgan fingerprint density at radius 1 is 1.52 bits per heavy atom. The monoisotopic (exact) mass is 422 g/mol. The molecule has 2 rings (SSSR count). The number of aromatic carboxylic acids is 1. The van der Waals surface area contributed by atoms with E-state index in [2.05, 4.69) is 0 Å². The van der Waals surface area contributed by atoms with Gasteiger partial charge < -0.3 is 9.84 Å². The summed E-state index contributed by atoms with van der Waals surface area (Å²) in [5.41, 5.74) is -0.0678. The minimum atomic E-state index is -3.84. The molecule has 1 atom stereocenters. The molecule has 1 aliphatic rings. The molecule has 1 heterocycles. The van der Waals surface area contributed by atoms with E-state index in [4.69, 9.17) is 15.1 Å². The molecule has 0 amide bonds. The minimum Gasteiger partial charge on any atom is -0.478 e. The van der Waals surface area contributed by atoms with Gasteiger partial charge in [0.05, 0.1) is 29.7 Å². The smallest absolute Gasteiger partial charge is 0.336 e. The van der Waals surface area contributed by atoms with Crippen molar-refractivity contribution >= 4 is 38.6 Å². The predicted molar refractivity (Wildman–Crippen MR) is 80.2 cm³/mol. The van der Waals surface area contributed by atoms with Gasteiger partial charge in [-0.25, -0.2) is 13.2 Å². The molecule has 21 heavy (non-hydrogen) atoms. The highest BCUT2D eigenvalue weighted by molar-refractivity contribution is 14.1. The number of hydrogen-bond acceptors (Lipinski definition) is 5. The zero-order valence-corrected chi connectivity index (χ0v) is 13.7. The number of carbonyl (C=O) groups is 1. The van der Waals surface area contributed by atoms with Crippen molar-refractivity contribution in [2.24, 2.45) is 0 Å². The first-order valence-corrected chi connectivity index (χ1v) is 8.42. The van der Waals surface area contributed by atoms with Crippen LogP contribution in [0.3, 0.4) is 0 Å². The second kappa shape index (κ2) is 6.27. The lowest BCUT2D eigenvalue weighted by Gasteiger charge is -2.29. The Balaban J connectivity index is 2.38. The highest BCUT2D eigenvalue weighted by Crippen LogP contribution is 2.22. The summed E-state index contributed by atoms with van der Waals surface area (Å²) in [7, 11) is -3.84. The predicted octanol–water partition coefficient (Wildman–Crippen LogP) is 0.902. The average molecular weight is 422 g/mol. The summed E-state index contributed by atoms with van der Waals surface area (Å²) in [4.78, 5) is 11.0. The fourth-order valence-electron chi connectivity index (χ4n) is 1.90. The summed E-state index contributed by atoms with van der Waals surface area (Å²) in [6.07, 6.45) is -0.809. The first-order chi connectivity index (χ1) is 9.86. The lowest BCUT2D eigenvalue weighted by Crippen LogP contribution is -2.45. The van der Waals surface area contributed by atoms with E-state index < -0.39 is 22.1 Å². The van der Waals surface area contributed by atoms with Gasteiger partial charge in [-0.3, -0.25) is 0 Å². The molecule has 1 aromatic carbocycles. The Morgan fingerprint density at radius 2 is 2.24 bits per heavy atom. The summed E-state index contributed by atoms with van der Waals surface area (Å²) in [6.45, 7) is 0.204. The van der Waals surface area contributed by atoms with Crippen LogP contribution in [-0.2, 0) is 14.8 Å². The first-order valence-electron chi connectivity index (χ1n) is 5.90. The number of morpholine rings is 1. The maximum absolute atomic E-state index is 12.5. The Hall–Kier alpha value is -1.22. The minimum absolute atomic E-state index is 0.0623. The van der Waals surface area contributed by atoms with Crippen LogP contribution in [0.1, 0.15) is 10.4 Å². The van der Waals surface area contributed by atoms with Crippen molar-refractivity contribution in [2.75, 3.05) is 19.7 Å². The molecule has 1 saturated heterocycles. The van der Waals surface area contributed by atoms with Crippen molar-refractivity contribution in [1.82, 2.24) is 4.31 Å². The zero-order chi connectivity index (χ0) is 15.6. The van der Waals surface area contributed by atoms with Gasteiger partial charge in [0.1, 0.15) is 0 Å². The quantitative estimate of drug-likeness (QED) is 0.726. The highest BCUT2D eigenvalue weighted by Gasteiger charge is 2.31. The number of carboxylic acid groups (broad SMARTS) is 1. The highest BCUT2D eigenvalue weighted by atomic mass is 127. The molecular weight excluding hydrogens is 411 g/mol. The van der Waals surface area contributed by atoms with Crippen LogP contribution in [-0.4, -0.2) is 49.6 Å². The van der Waals surface area contributed by atoms with Crippen molar-refractivity contribution in [1.29, 1.82) is 5.26 Å². The molecule has 0 aliphatic carbocycles. The van der Waals surface area contributed by atoms with Crippen LogP contribution in [0.15, 0.2) is 23.1 Å². The van der Waals surface area contributed by atoms with Gasteiger partial charge in [0.25, 0.3) is 0 Å². The molecule has 0 radical (unpaired) electrons. The van der Waals surface area contributed by atoms with Crippen LogP contribution in [0.4, 0.5) is 0 Å². The number of halogens is 1. The SMILES string of the molecule is N#CC1CN(S(=O)(=O)c2ccc(I)c(C(=O)O)c2)CCO1. The van der Waals surface area contributed by atoms with Crippen LogP contribution < -0.4 is 0 Å². The summed E-state index contributed by atoms with van der Waals surface area (Å²) in [5.74, 6) is -1.19. The number of nitriles is 1. The van der Waals surface area contributed by atoms with Crippen LogP contribution >= 0.6 is 22.6 Å². The Bertz CT molecular complexity index is 713. The molecule has 0 spiro atoms. The topological polar surface area (TPSA) is 108 Å². The molecule has 1 aliphatic heterocycles. The summed E-state index contributed by atoms with van der Waals surface area (Å²) >= 11 is 1.83. The van der Waals surface area contributed by atoms with Crippen LogP contribution in [0.25, 0.3) is 0 Å². The Morgan fingerprint density at radius 3 is 2.86 bits per heavy atom. The van der Waals surface area contributed by atoms with E-state index >= 15 is 0 Å². The molecule has 112 valence electrons. The fraction of sp³-hybridized carbons (Fsp3) is 0.333. The molecule has 0 bridgehead atoms. The van der Waals surface area contributed by atoms with E-state index in [1.54, 1.807) is 0 Å². The molecule has 1 unspecified atom stereocenters. The molecule has 1 aromatic rings. The summed E-state index contributed by atoms with van der Waals surface area (Å²) in [6, 6.07) is 5.81. The fourth-order valence-corrected chi connectivity index (χ4v) is 3.92. The normalized spacial score (nSPS) is 19.9. The van der Waals surface area contributed by atoms with Crippen molar-refractivity contribution < 1.29 is 23.1 Å². The van der Waals surface area contributed by atoms with Crippen molar-refractivity contribution in [3.05, 3.63) is 27.3 Å². The second-order valence-electron chi connectivity index (χ2n) is 4.30. The van der Waals surface area contributed by atoms with Gasteiger partial charge in [-0.1, -0.05) is 0 Å². The van der Waals surface area contributed by atoms with Gasteiger partial charge in [0.15, 0.2) is 6.10 Å². The molecule has 0 aromatic heterocycles. The number of carboxylic acids is 1. The van der Waals surface area contributed by atoms with Gasteiger partial charge in [-0.05, 0) is 40.8 Å². The lowest BCUT2D eigenvalue weighted by atomic mass is 10.2. The van der Waals surface area contributed by atoms with Crippen LogP contribution in [0.2, 0.25) is 0 Å². The van der Waals surface area contributed by atoms with E-state index in [1.165, 1.54) is 12.1 Å². The van der Waals surface area contributed by atoms with Gasteiger partial charge in [-0.15, -0.1) is 0 Å². The van der Waals surface area contributed by atoms with Gasteiger partial charge in [0.2, 0.25) is 10.0 Å². The number of benzene rings is 1. The maximum Gasteiger partial charge on any atom is 0.336 e. The van der Waals surface area contributed by atoms with Crippen LogP contribution in [0, 0.1) is 14.9 Å². The third-order valence-corrected chi connectivity index (χ3v) is 5.78. The Labute approximate surface area is 135 Å². The molecule has 1 N–H and O–H groups in total. The standard InChI is InChI=1S/C12H11IN2O5S/c13-11-2-1-9(5-10(11)12(16)17)21(18,19)15-3-4-20-8(6-14)7-15/h1-2,5,8H,3-4,7H2,(H,16,17). The number of sulfonamides is 1. The molecular formula is C12H11IN2O5S. The largest absolute Gasteiger partial charge is 0.478 e. The summed E-state index contributed by atoms with van der Waals surface area (Å²) < 4.78 is 31.7. The van der Waals surface area contributed by atoms with Gasteiger partial charge in [0, 0.05) is 10.1 Å². The number of ether oxygens (including phenoxy) is 1. The first kappa shape index (κ1) is 16.2. The van der Waals surface area contributed by atoms with Crippen LogP contribution in [0.5, 0.6) is 0 Å². The second-order valence-corrected chi connectivity index (χ2v) is 7.40. The number of hydrogen-bond donors (Lipinski definition) is 1. The van der Waals surface area contributed by atoms with E-state index in [-0.39, 0.29) is 30.2 Å². The molecule has 0 saturated carbocycles. The van der Waals surface area contributed by atoms with Crippen molar-refractivity contribution in [2.45, 2.75) is 11.0 Å². The average Bonchev–Trinajstić information content (AvgIpc) is 2.47. The van der Waals surface area contributed by atoms with E-state index in [0.717, 1.165) is 10.4 Å². The lowest BCUT2D eigenvalue weighted by molar-refractivity contribution is 0.0311. The molecule has 7 nitrogen and oxygen atoms in total. The van der Waals surface area contributed by atoms with Gasteiger partial charge in [-0.2, -0.15) is 9.57 Å². The van der Waals surface area contributed by atoms with E-state index in [9.17, 15) is 13.2 Å². The van der Waals surface area contributed by atoms with Crippen molar-refractivity contribution in [3.63, 3.8) is 0 Å². The number of rotatable bonds is 3. The Kier molecular flexibility index (Phi) is 4.82. The van der Waals surface area contributed by atoms with Gasteiger partial charge >= 0.3 is 5.97 Å². The number of nitrogens with zero attached hydrogens (tertiary/aromatic N) is 2. The van der Waals surface area contributed by atoms with Crippen molar-refractivity contribution in [3.8, 4) is 6.07 Å². The van der Waals surface area contributed by atoms with E-state index in [1.807, 2.05) is 28.7 Å². The third kappa shape index (κ3) is 3.34. The maximum atomic E-state index is 12.5. The summed E-state index contributed by atoms with van der Waals surface area (Å²) in [5, 5.41) is 17.9. The van der Waals surface area contributed by atoms with E-state index in [0.29, 0.717) is 3.57 Å². The third-order valence-electron chi connectivity index (χ3n) is 2.98. The zero-order valence-electron chi connectivity index (χ0n) is 10.7.